The number of nitrogens with zero attached hydrogens (tertiary/aromatic N) is 1. The van der Waals surface area contributed by atoms with Crippen LogP contribution in [-0.4, -0.2) is 22.3 Å². The average Bonchev–Trinajstić information content (AvgIpc) is 2.99. The molecule has 0 aliphatic carbocycles. The second kappa shape index (κ2) is 5.91. The first-order valence-corrected chi connectivity index (χ1v) is 8.09. The molecule has 0 N–H and O–H groups in total. The minimum Gasteiger partial charge on any atom is -0.450 e. The van der Waals surface area contributed by atoms with Crippen LogP contribution in [0.2, 0.25) is 0 Å². The van der Waals surface area contributed by atoms with Crippen LogP contribution in [0.15, 0.2) is 52.7 Å². The van der Waals surface area contributed by atoms with Crippen molar-refractivity contribution in [3.05, 3.63) is 52.7 Å². The van der Waals surface area contributed by atoms with Crippen molar-refractivity contribution in [2.75, 3.05) is 0 Å². The van der Waals surface area contributed by atoms with E-state index in [9.17, 15) is 9.59 Å². The first-order valence-electron chi connectivity index (χ1n) is 6.43. The molecule has 3 rings (SSSR count). The molecule has 108 valence electrons. The first kappa shape index (κ1) is 14.2. The second-order valence-corrected chi connectivity index (χ2v) is 6.59. The highest BCUT2D eigenvalue weighted by molar-refractivity contribution is 7.97. The molecule has 21 heavy (non-hydrogen) atoms. The number of benzene rings is 1. The van der Waals surface area contributed by atoms with E-state index in [4.69, 9.17) is 4.74 Å². The number of carbonyl (C=O) groups excluding carboxylic acids is 2. The van der Waals surface area contributed by atoms with Crippen LogP contribution in [0, 0.1) is 0 Å². The van der Waals surface area contributed by atoms with Gasteiger partial charge in [0.15, 0.2) is 0 Å². The van der Waals surface area contributed by atoms with Gasteiger partial charge in [0, 0.05) is 16.7 Å². The molecule has 1 aliphatic heterocycles. The third-order valence-corrected chi connectivity index (χ3v) is 5.10. The van der Waals surface area contributed by atoms with Crippen LogP contribution < -0.4 is 0 Å². The molecule has 0 unspecified atom stereocenters. The molecule has 1 saturated heterocycles. The molecule has 2 atom stereocenters. The summed E-state index contributed by atoms with van der Waals surface area (Å²) in [5.74, 6) is -0.600. The minimum absolute atomic E-state index is 0.169. The van der Waals surface area contributed by atoms with Crippen molar-refractivity contribution in [3.8, 4) is 0 Å². The Morgan fingerprint density at radius 2 is 2.00 bits per heavy atom. The molecular weight excluding hydrogens is 306 g/mol. The number of hydrogen-bond donors (Lipinski definition) is 0. The van der Waals surface area contributed by atoms with Crippen molar-refractivity contribution in [1.82, 2.24) is 4.31 Å². The van der Waals surface area contributed by atoms with Crippen LogP contribution in [0.25, 0.3) is 0 Å². The van der Waals surface area contributed by atoms with E-state index in [0.717, 1.165) is 9.77 Å². The van der Waals surface area contributed by atoms with Gasteiger partial charge in [-0.1, -0.05) is 24.3 Å². The number of carbonyl (C=O) groups is 2. The van der Waals surface area contributed by atoms with Crippen LogP contribution in [0.5, 0.6) is 0 Å². The smallest absolute Gasteiger partial charge is 0.303 e. The number of hydrogen-bond acceptors (Lipinski definition) is 5. The molecule has 0 bridgehead atoms. The van der Waals surface area contributed by atoms with Gasteiger partial charge in [0.05, 0.1) is 0 Å². The summed E-state index contributed by atoms with van der Waals surface area (Å²) < 4.78 is 6.84. The molecule has 0 spiro atoms. The summed E-state index contributed by atoms with van der Waals surface area (Å²) in [5, 5.41) is 1.95. The second-order valence-electron chi connectivity index (χ2n) is 4.56. The Balaban J connectivity index is 1.82. The van der Waals surface area contributed by atoms with Crippen LogP contribution in [-0.2, 0) is 14.3 Å². The Labute approximate surface area is 130 Å². The molecule has 1 aliphatic rings. The van der Waals surface area contributed by atoms with E-state index in [1.54, 1.807) is 15.6 Å². The maximum absolute atomic E-state index is 12.2. The fourth-order valence-electron chi connectivity index (χ4n) is 2.15. The van der Waals surface area contributed by atoms with Gasteiger partial charge in [0.1, 0.15) is 6.04 Å². The highest BCUT2D eigenvalue weighted by Gasteiger charge is 2.52. The number of esters is 1. The maximum atomic E-state index is 12.2. The highest BCUT2D eigenvalue weighted by atomic mass is 32.2. The molecular formula is C15H13NO3S2. The topological polar surface area (TPSA) is 46.6 Å². The molecule has 0 saturated carbocycles. The summed E-state index contributed by atoms with van der Waals surface area (Å²) in [6, 6.07) is 13.3. The highest BCUT2D eigenvalue weighted by Crippen LogP contribution is 2.45. The summed E-state index contributed by atoms with van der Waals surface area (Å²) in [4.78, 5) is 25.4. The third kappa shape index (κ3) is 2.82. The molecule has 1 aromatic carbocycles. The Kier molecular flexibility index (Phi) is 3.98. The lowest BCUT2D eigenvalue weighted by Gasteiger charge is -2.44. The number of ether oxygens (including phenoxy) is 1. The summed E-state index contributed by atoms with van der Waals surface area (Å²) in [6.45, 7) is 1.33. The van der Waals surface area contributed by atoms with Gasteiger partial charge in [-0.3, -0.25) is 13.9 Å². The quantitative estimate of drug-likeness (QED) is 0.493. The average molecular weight is 319 g/mol. The molecule has 1 amide bonds. The van der Waals surface area contributed by atoms with Gasteiger partial charge in [0.25, 0.3) is 5.91 Å². The van der Waals surface area contributed by atoms with E-state index < -0.39 is 12.1 Å². The van der Waals surface area contributed by atoms with E-state index in [2.05, 4.69) is 0 Å². The van der Waals surface area contributed by atoms with Crippen molar-refractivity contribution in [2.24, 2.45) is 0 Å². The predicted molar refractivity (Wildman–Crippen MR) is 81.8 cm³/mol. The molecule has 6 heteroatoms. The van der Waals surface area contributed by atoms with E-state index in [1.807, 2.05) is 47.8 Å². The lowest BCUT2D eigenvalue weighted by molar-refractivity contribution is -0.173. The lowest BCUT2D eigenvalue weighted by atomic mass is 10.0. The molecule has 2 heterocycles. The van der Waals surface area contributed by atoms with Gasteiger partial charge < -0.3 is 4.74 Å². The SMILES string of the molecule is CC(=O)O[C@@H]1C(=O)N(Sc2ccccc2)[C@H]1c1cccs1. The largest absolute Gasteiger partial charge is 0.450 e. The fourth-order valence-corrected chi connectivity index (χ4v) is 4.10. The predicted octanol–water partition coefficient (Wildman–Crippen LogP) is 3.27. The molecule has 0 radical (unpaired) electrons. The Hall–Kier alpha value is -1.79. The monoisotopic (exact) mass is 319 g/mol. The molecule has 1 fully saturated rings. The van der Waals surface area contributed by atoms with Crippen LogP contribution in [0.4, 0.5) is 0 Å². The van der Waals surface area contributed by atoms with Gasteiger partial charge in [-0.15, -0.1) is 11.3 Å². The zero-order valence-corrected chi connectivity index (χ0v) is 12.9. The normalized spacial score (nSPS) is 21.0. The fraction of sp³-hybridized carbons (Fsp3) is 0.200. The van der Waals surface area contributed by atoms with Crippen molar-refractivity contribution >= 4 is 35.2 Å². The van der Waals surface area contributed by atoms with E-state index in [-0.39, 0.29) is 11.9 Å². The van der Waals surface area contributed by atoms with Gasteiger partial charge in [-0.05, 0) is 35.5 Å². The summed E-state index contributed by atoms with van der Waals surface area (Å²) >= 11 is 2.93. The first-order chi connectivity index (χ1) is 10.2. The third-order valence-electron chi connectivity index (χ3n) is 3.07. The van der Waals surface area contributed by atoms with Gasteiger partial charge in [-0.25, -0.2) is 0 Å². The summed E-state index contributed by atoms with van der Waals surface area (Å²) in [6.07, 6.45) is -0.711. The standard InChI is InChI=1S/C15H13NO3S2/c1-10(17)19-14-13(12-8-5-9-20-12)16(15(14)18)21-11-6-3-2-4-7-11/h2-9,13-14H,1H3/t13-,14-/m0/s1. The van der Waals surface area contributed by atoms with Crippen molar-refractivity contribution in [3.63, 3.8) is 0 Å². The summed E-state index contributed by atoms with van der Waals surface area (Å²) in [7, 11) is 0. The maximum Gasteiger partial charge on any atom is 0.303 e. The van der Waals surface area contributed by atoms with E-state index in [0.29, 0.717) is 0 Å². The number of thiophene rings is 1. The van der Waals surface area contributed by atoms with Gasteiger partial charge in [-0.2, -0.15) is 0 Å². The van der Waals surface area contributed by atoms with Crippen LogP contribution >= 0.6 is 23.3 Å². The zero-order chi connectivity index (χ0) is 14.8. The Bertz CT molecular complexity index is 642. The number of amides is 1. The summed E-state index contributed by atoms with van der Waals surface area (Å²) in [5.41, 5.74) is 0. The number of β-lactam (4-membered cyclic amide) rings is 1. The Morgan fingerprint density at radius 1 is 1.24 bits per heavy atom. The number of rotatable bonds is 4. The van der Waals surface area contributed by atoms with Crippen molar-refractivity contribution in [2.45, 2.75) is 24.0 Å². The van der Waals surface area contributed by atoms with E-state index >= 15 is 0 Å². The van der Waals surface area contributed by atoms with Crippen LogP contribution in [0.3, 0.4) is 0 Å². The van der Waals surface area contributed by atoms with Gasteiger partial charge >= 0.3 is 5.97 Å². The van der Waals surface area contributed by atoms with Crippen LogP contribution in [0.1, 0.15) is 17.8 Å². The molecule has 2 aromatic rings. The lowest BCUT2D eigenvalue weighted by Crippen LogP contribution is -2.56. The van der Waals surface area contributed by atoms with Crippen molar-refractivity contribution in [1.29, 1.82) is 0 Å². The zero-order valence-electron chi connectivity index (χ0n) is 11.3. The van der Waals surface area contributed by atoms with Crippen molar-refractivity contribution < 1.29 is 14.3 Å². The Morgan fingerprint density at radius 3 is 2.62 bits per heavy atom. The molecule has 1 aromatic heterocycles. The minimum atomic E-state index is -0.711. The molecule has 4 nitrogen and oxygen atoms in total. The van der Waals surface area contributed by atoms with Gasteiger partial charge in [0.2, 0.25) is 6.10 Å². The van der Waals surface area contributed by atoms with E-state index in [1.165, 1.54) is 18.9 Å².